The van der Waals surface area contributed by atoms with E-state index in [0.717, 1.165) is 37.6 Å². The van der Waals surface area contributed by atoms with E-state index in [1.807, 2.05) is 0 Å². The molecule has 1 aromatic heterocycles. The van der Waals surface area contributed by atoms with Crippen LogP contribution in [0.1, 0.15) is 39.7 Å². The van der Waals surface area contributed by atoms with Crippen LogP contribution in [-0.2, 0) is 6.42 Å². The summed E-state index contributed by atoms with van der Waals surface area (Å²) in [4.78, 5) is 8.66. The third-order valence-electron chi connectivity index (χ3n) is 2.47. The summed E-state index contributed by atoms with van der Waals surface area (Å²) in [5.74, 6) is 2.56. The van der Waals surface area contributed by atoms with Crippen molar-refractivity contribution in [2.45, 2.75) is 40.5 Å². The fourth-order valence-electron chi connectivity index (χ4n) is 1.67. The van der Waals surface area contributed by atoms with E-state index >= 15 is 0 Å². The standard InChI is InChI=1S/C13H24N4/c1-5-7-11-12(14-6-2)16-9-17-13(11)15-8-10(3)4/h9-10H,5-8H2,1-4H3,(H2,14,15,16,17). The Balaban J connectivity index is 2.89. The van der Waals surface area contributed by atoms with Crippen LogP contribution in [0.15, 0.2) is 6.33 Å². The zero-order valence-electron chi connectivity index (χ0n) is 11.4. The minimum Gasteiger partial charge on any atom is -0.370 e. The minimum absolute atomic E-state index is 0.613. The summed E-state index contributed by atoms with van der Waals surface area (Å²) in [7, 11) is 0. The predicted octanol–water partition coefficient (Wildman–Crippen LogP) is 2.93. The van der Waals surface area contributed by atoms with Crippen molar-refractivity contribution in [2.24, 2.45) is 5.92 Å². The monoisotopic (exact) mass is 236 g/mol. The normalized spacial score (nSPS) is 10.6. The number of hydrogen-bond acceptors (Lipinski definition) is 4. The van der Waals surface area contributed by atoms with Crippen LogP contribution in [0.25, 0.3) is 0 Å². The number of anilines is 2. The molecule has 2 N–H and O–H groups in total. The highest BCUT2D eigenvalue weighted by molar-refractivity contribution is 5.57. The molecule has 0 spiro atoms. The van der Waals surface area contributed by atoms with Crippen LogP contribution in [0.4, 0.5) is 11.6 Å². The lowest BCUT2D eigenvalue weighted by atomic mass is 10.1. The molecule has 0 aliphatic carbocycles. The van der Waals surface area contributed by atoms with Gasteiger partial charge in [-0.1, -0.05) is 27.2 Å². The highest BCUT2D eigenvalue weighted by Crippen LogP contribution is 2.21. The predicted molar refractivity (Wildman–Crippen MR) is 73.5 cm³/mol. The molecule has 0 aliphatic heterocycles. The number of hydrogen-bond donors (Lipinski definition) is 2. The van der Waals surface area contributed by atoms with E-state index in [1.165, 1.54) is 5.56 Å². The molecule has 1 rings (SSSR count). The molecule has 0 amide bonds. The summed E-state index contributed by atoms with van der Waals surface area (Å²) >= 11 is 0. The number of nitrogens with one attached hydrogen (secondary N) is 2. The fraction of sp³-hybridized carbons (Fsp3) is 0.692. The van der Waals surface area contributed by atoms with Crippen molar-refractivity contribution in [3.05, 3.63) is 11.9 Å². The Bertz CT molecular complexity index is 336. The van der Waals surface area contributed by atoms with Crippen LogP contribution < -0.4 is 10.6 Å². The SMILES string of the molecule is CCCc1c(NCC)ncnc1NCC(C)C. The lowest BCUT2D eigenvalue weighted by Gasteiger charge is -2.15. The van der Waals surface area contributed by atoms with Crippen LogP contribution in [-0.4, -0.2) is 23.1 Å². The largest absolute Gasteiger partial charge is 0.370 e. The van der Waals surface area contributed by atoms with Crippen molar-refractivity contribution in [1.29, 1.82) is 0 Å². The maximum atomic E-state index is 4.35. The first-order chi connectivity index (χ1) is 8.19. The lowest BCUT2D eigenvalue weighted by molar-refractivity contribution is 0.685. The Kier molecular flexibility index (Phi) is 5.73. The van der Waals surface area contributed by atoms with Gasteiger partial charge in [0.05, 0.1) is 0 Å². The van der Waals surface area contributed by atoms with Crippen molar-refractivity contribution in [3.63, 3.8) is 0 Å². The van der Waals surface area contributed by atoms with Gasteiger partial charge in [-0.15, -0.1) is 0 Å². The second-order valence-electron chi connectivity index (χ2n) is 4.60. The van der Waals surface area contributed by atoms with Crippen molar-refractivity contribution >= 4 is 11.6 Å². The summed E-state index contributed by atoms with van der Waals surface area (Å²) in [6.45, 7) is 10.5. The molecule has 0 fully saturated rings. The van der Waals surface area contributed by atoms with Crippen molar-refractivity contribution < 1.29 is 0 Å². The minimum atomic E-state index is 0.613. The number of rotatable bonds is 7. The van der Waals surface area contributed by atoms with E-state index in [0.29, 0.717) is 5.92 Å². The quantitative estimate of drug-likeness (QED) is 0.764. The second kappa shape index (κ2) is 7.09. The Hall–Kier alpha value is -1.32. The lowest BCUT2D eigenvalue weighted by Crippen LogP contribution is -2.13. The van der Waals surface area contributed by atoms with E-state index in [1.54, 1.807) is 6.33 Å². The summed E-state index contributed by atoms with van der Waals surface area (Å²) < 4.78 is 0. The van der Waals surface area contributed by atoms with Gasteiger partial charge in [-0.2, -0.15) is 0 Å². The summed E-state index contributed by atoms with van der Waals surface area (Å²) in [6, 6.07) is 0. The average molecular weight is 236 g/mol. The van der Waals surface area contributed by atoms with Crippen LogP contribution in [0.5, 0.6) is 0 Å². The topological polar surface area (TPSA) is 49.8 Å². The molecule has 4 nitrogen and oxygen atoms in total. The Morgan fingerprint density at radius 2 is 1.76 bits per heavy atom. The third kappa shape index (κ3) is 4.21. The fourth-order valence-corrected chi connectivity index (χ4v) is 1.67. The van der Waals surface area contributed by atoms with Gasteiger partial charge >= 0.3 is 0 Å². The van der Waals surface area contributed by atoms with Gasteiger partial charge in [0.25, 0.3) is 0 Å². The zero-order chi connectivity index (χ0) is 12.7. The van der Waals surface area contributed by atoms with E-state index in [2.05, 4.69) is 48.3 Å². The van der Waals surface area contributed by atoms with Gasteiger partial charge in [0.1, 0.15) is 18.0 Å². The molecular formula is C13H24N4. The first kappa shape index (κ1) is 13.7. The van der Waals surface area contributed by atoms with Crippen LogP contribution in [0.2, 0.25) is 0 Å². The Labute approximate surface area is 104 Å². The maximum absolute atomic E-state index is 4.35. The summed E-state index contributed by atoms with van der Waals surface area (Å²) in [6.07, 6.45) is 3.73. The van der Waals surface area contributed by atoms with Crippen LogP contribution in [0, 0.1) is 5.92 Å². The molecule has 0 aliphatic rings. The zero-order valence-corrected chi connectivity index (χ0v) is 11.4. The van der Waals surface area contributed by atoms with Gasteiger partial charge in [-0.3, -0.25) is 0 Å². The molecule has 96 valence electrons. The molecule has 1 aromatic rings. The van der Waals surface area contributed by atoms with E-state index < -0.39 is 0 Å². The van der Waals surface area contributed by atoms with Gasteiger partial charge in [0.2, 0.25) is 0 Å². The molecular weight excluding hydrogens is 212 g/mol. The highest BCUT2D eigenvalue weighted by Gasteiger charge is 2.10. The molecule has 4 heteroatoms. The van der Waals surface area contributed by atoms with Crippen molar-refractivity contribution in [2.75, 3.05) is 23.7 Å². The van der Waals surface area contributed by atoms with Crippen LogP contribution in [0.3, 0.4) is 0 Å². The Morgan fingerprint density at radius 3 is 2.29 bits per heavy atom. The van der Waals surface area contributed by atoms with E-state index in [4.69, 9.17) is 0 Å². The highest BCUT2D eigenvalue weighted by atomic mass is 15.1. The smallest absolute Gasteiger partial charge is 0.134 e. The molecule has 0 aromatic carbocycles. The average Bonchev–Trinajstić information content (AvgIpc) is 2.30. The third-order valence-corrected chi connectivity index (χ3v) is 2.47. The van der Waals surface area contributed by atoms with Crippen molar-refractivity contribution in [3.8, 4) is 0 Å². The molecule has 1 heterocycles. The van der Waals surface area contributed by atoms with E-state index in [9.17, 15) is 0 Å². The van der Waals surface area contributed by atoms with Gasteiger partial charge in [-0.05, 0) is 19.3 Å². The molecule has 0 radical (unpaired) electrons. The molecule has 17 heavy (non-hydrogen) atoms. The first-order valence-electron chi connectivity index (χ1n) is 6.50. The van der Waals surface area contributed by atoms with Gasteiger partial charge in [0.15, 0.2) is 0 Å². The molecule has 0 saturated heterocycles. The van der Waals surface area contributed by atoms with Gasteiger partial charge < -0.3 is 10.6 Å². The molecule has 0 bridgehead atoms. The molecule has 0 unspecified atom stereocenters. The van der Waals surface area contributed by atoms with Crippen molar-refractivity contribution in [1.82, 2.24) is 9.97 Å². The maximum Gasteiger partial charge on any atom is 0.134 e. The van der Waals surface area contributed by atoms with Gasteiger partial charge in [-0.25, -0.2) is 9.97 Å². The van der Waals surface area contributed by atoms with E-state index in [-0.39, 0.29) is 0 Å². The summed E-state index contributed by atoms with van der Waals surface area (Å²) in [5.41, 5.74) is 1.21. The van der Waals surface area contributed by atoms with Gasteiger partial charge in [0, 0.05) is 18.7 Å². The molecule has 0 atom stereocenters. The Morgan fingerprint density at radius 1 is 1.12 bits per heavy atom. The second-order valence-corrected chi connectivity index (χ2v) is 4.60. The summed E-state index contributed by atoms with van der Waals surface area (Å²) in [5, 5.41) is 6.70. The number of nitrogens with zero attached hydrogens (tertiary/aromatic N) is 2. The molecule has 0 saturated carbocycles. The number of aromatic nitrogens is 2. The van der Waals surface area contributed by atoms with Crippen LogP contribution >= 0.6 is 0 Å². The first-order valence-corrected chi connectivity index (χ1v) is 6.50.